The summed E-state index contributed by atoms with van der Waals surface area (Å²) in [4.78, 5) is 8.55. The molecule has 0 aliphatic rings. The van der Waals surface area contributed by atoms with Crippen LogP contribution in [0.2, 0.25) is 0 Å². The number of rotatable bonds is 5. The van der Waals surface area contributed by atoms with Crippen molar-refractivity contribution in [1.82, 2.24) is 9.97 Å². The van der Waals surface area contributed by atoms with Gasteiger partial charge in [0.1, 0.15) is 12.1 Å². The van der Waals surface area contributed by atoms with E-state index in [2.05, 4.69) is 49.9 Å². The van der Waals surface area contributed by atoms with Crippen molar-refractivity contribution >= 4 is 5.82 Å². The number of aromatic nitrogens is 2. The van der Waals surface area contributed by atoms with Crippen LogP contribution in [0.4, 0.5) is 5.82 Å². The second-order valence-electron chi connectivity index (χ2n) is 4.88. The van der Waals surface area contributed by atoms with E-state index >= 15 is 0 Å². The first-order valence-electron chi connectivity index (χ1n) is 6.11. The van der Waals surface area contributed by atoms with Crippen LogP contribution in [0, 0.1) is 0 Å². The zero-order valence-corrected chi connectivity index (χ0v) is 11.0. The monoisotopic (exact) mass is 221 g/mol. The molecule has 0 amide bonds. The van der Waals surface area contributed by atoms with Gasteiger partial charge in [0.05, 0.1) is 0 Å². The van der Waals surface area contributed by atoms with Crippen molar-refractivity contribution in [3.8, 4) is 0 Å². The van der Waals surface area contributed by atoms with Gasteiger partial charge in [-0.3, -0.25) is 0 Å². The molecule has 0 unspecified atom stereocenters. The highest BCUT2D eigenvalue weighted by Gasteiger charge is 2.19. The highest BCUT2D eigenvalue weighted by Crippen LogP contribution is 2.21. The van der Waals surface area contributed by atoms with Gasteiger partial charge >= 0.3 is 0 Å². The molecular formula is C13H23N3. The lowest BCUT2D eigenvalue weighted by Crippen LogP contribution is -2.33. The quantitative estimate of drug-likeness (QED) is 0.825. The molecule has 0 atom stereocenters. The van der Waals surface area contributed by atoms with E-state index in [1.165, 1.54) is 0 Å². The Hall–Kier alpha value is -1.12. The van der Waals surface area contributed by atoms with Crippen molar-refractivity contribution in [3.05, 3.63) is 18.1 Å². The summed E-state index contributed by atoms with van der Waals surface area (Å²) in [7, 11) is 0. The molecule has 1 heterocycles. The van der Waals surface area contributed by atoms with Crippen LogP contribution in [0.1, 0.15) is 59.1 Å². The molecule has 0 spiro atoms. The van der Waals surface area contributed by atoms with Crippen molar-refractivity contribution in [2.24, 2.45) is 0 Å². The van der Waals surface area contributed by atoms with Gasteiger partial charge in [0, 0.05) is 17.3 Å². The Labute approximate surface area is 98.7 Å². The van der Waals surface area contributed by atoms with Crippen molar-refractivity contribution in [1.29, 1.82) is 0 Å². The van der Waals surface area contributed by atoms with Crippen LogP contribution in [-0.2, 0) is 0 Å². The predicted octanol–water partition coefficient (Wildman–Crippen LogP) is 3.59. The molecule has 0 saturated heterocycles. The molecule has 0 saturated carbocycles. The molecule has 0 fully saturated rings. The number of anilines is 1. The third-order valence-corrected chi connectivity index (χ3v) is 3.27. The van der Waals surface area contributed by atoms with E-state index in [1.807, 2.05) is 6.07 Å². The Morgan fingerprint density at radius 3 is 2.38 bits per heavy atom. The lowest BCUT2D eigenvalue weighted by molar-refractivity contribution is 0.476. The molecule has 3 heteroatoms. The van der Waals surface area contributed by atoms with Crippen molar-refractivity contribution < 1.29 is 0 Å². The molecule has 1 aromatic rings. The first-order valence-corrected chi connectivity index (χ1v) is 6.11. The topological polar surface area (TPSA) is 37.8 Å². The van der Waals surface area contributed by atoms with E-state index in [1.54, 1.807) is 6.33 Å². The first-order chi connectivity index (χ1) is 7.50. The van der Waals surface area contributed by atoms with Gasteiger partial charge in [-0.2, -0.15) is 0 Å². The fourth-order valence-electron chi connectivity index (χ4n) is 1.49. The molecular weight excluding hydrogens is 198 g/mol. The zero-order chi connectivity index (χ0) is 12.2. The maximum atomic E-state index is 4.28. The standard InChI is InChI=1S/C13H23N3/c1-6-13(5,7-2)16-12-8-11(10(3)4)14-9-15-12/h8-10H,6-7H2,1-5H3,(H,14,15,16). The zero-order valence-electron chi connectivity index (χ0n) is 11.0. The molecule has 16 heavy (non-hydrogen) atoms. The molecule has 1 rings (SSSR count). The van der Waals surface area contributed by atoms with Gasteiger partial charge < -0.3 is 5.32 Å². The first kappa shape index (κ1) is 12.9. The van der Waals surface area contributed by atoms with E-state index in [0.717, 1.165) is 24.4 Å². The third kappa shape index (κ3) is 3.19. The van der Waals surface area contributed by atoms with Gasteiger partial charge in [-0.1, -0.05) is 27.7 Å². The van der Waals surface area contributed by atoms with E-state index < -0.39 is 0 Å². The van der Waals surface area contributed by atoms with Crippen molar-refractivity contribution in [2.45, 2.75) is 58.9 Å². The van der Waals surface area contributed by atoms with Crippen LogP contribution in [-0.4, -0.2) is 15.5 Å². The molecule has 0 radical (unpaired) electrons. The van der Waals surface area contributed by atoms with E-state index in [-0.39, 0.29) is 5.54 Å². The fraction of sp³-hybridized carbons (Fsp3) is 0.692. The van der Waals surface area contributed by atoms with Crippen LogP contribution in [0.15, 0.2) is 12.4 Å². The molecule has 1 aromatic heterocycles. The maximum Gasteiger partial charge on any atom is 0.130 e. The van der Waals surface area contributed by atoms with Crippen LogP contribution in [0.3, 0.4) is 0 Å². The van der Waals surface area contributed by atoms with Gasteiger partial charge in [-0.15, -0.1) is 0 Å². The Kier molecular flexibility index (Phi) is 4.27. The predicted molar refractivity (Wildman–Crippen MR) is 68.7 cm³/mol. The average molecular weight is 221 g/mol. The number of nitrogens with zero attached hydrogens (tertiary/aromatic N) is 2. The maximum absolute atomic E-state index is 4.28. The van der Waals surface area contributed by atoms with Crippen molar-refractivity contribution in [2.75, 3.05) is 5.32 Å². The minimum atomic E-state index is 0.128. The van der Waals surface area contributed by atoms with E-state index in [0.29, 0.717) is 5.92 Å². The molecule has 0 aromatic carbocycles. The Morgan fingerprint density at radius 2 is 1.88 bits per heavy atom. The average Bonchev–Trinajstić information content (AvgIpc) is 2.29. The smallest absolute Gasteiger partial charge is 0.130 e. The minimum Gasteiger partial charge on any atom is -0.365 e. The number of hydrogen-bond acceptors (Lipinski definition) is 3. The normalized spacial score (nSPS) is 11.9. The van der Waals surface area contributed by atoms with Gasteiger partial charge in [0.15, 0.2) is 0 Å². The SMILES string of the molecule is CCC(C)(CC)Nc1cc(C(C)C)ncn1. The molecule has 0 aliphatic heterocycles. The van der Waals surface area contributed by atoms with Crippen LogP contribution >= 0.6 is 0 Å². The lowest BCUT2D eigenvalue weighted by Gasteiger charge is -2.29. The van der Waals surface area contributed by atoms with Gasteiger partial charge in [0.25, 0.3) is 0 Å². The van der Waals surface area contributed by atoms with Gasteiger partial charge in [-0.05, 0) is 25.7 Å². The summed E-state index contributed by atoms with van der Waals surface area (Å²) in [5, 5.41) is 3.50. The van der Waals surface area contributed by atoms with E-state index in [4.69, 9.17) is 0 Å². The highest BCUT2D eigenvalue weighted by molar-refractivity contribution is 5.38. The Bertz CT molecular complexity index is 330. The van der Waals surface area contributed by atoms with Gasteiger partial charge in [-0.25, -0.2) is 9.97 Å². The largest absolute Gasteiger partial charge is 0.365 e. The second kappa shape index (κ2) is 5.28. The molecule has 0 bridgehead atoms. The van der Waals surface area contributed by atoms with E-state index in [9.17, 15) is 0 Å². The fourth-order valence-corrected chi connectivity index (χ4v) is 1.49. The summed E-state index contributed by atoms with van der Waals surface area (Å²) >= 11 is 0. The lowest BCUT2D eigenvalue weighted by atomic mass is 9.95. The molecule has 90 valence electrons. The van der Waals surface area contributed by atoms with Crippen LogP contribution < -0.4 is 5.32 Å². The van der Waals surface area contributed by atoms with Gasteiger partial charge in [0.2, 0.25) is 0 Å². The minimum absolute atomic E-state index is 0.128. The highest BCUT2D eigenvalue weighted by atomic mass is 15.1. The summed E-state index contributed by atoms with van der Waals surface area (Å²) < 4.78 is 0. The Morgan fingerprint density at radius 1 is 1.25 bits per heavy atom. The summed E-state index contributed by atoms with van der Waals surface area (Å²) in [6.07, 6.45) is 3.82. The molecule has 1 N–H and O–H groups in total. The molecule has 3 nitrogen and oxygen atoms in total. The Balaban J connectivity index is 2.85. The van der Waals surface area contributed by atoms with Crippen molar-refractivity contribution in [3.63, 3.8) is 0 Å². The number of hydrogen-bond donors (Lipinski definition) is 1. The summed E-state index contributed by atoms with van der Waals surface area (Å²) in [6.45, 7) is 10.9. The summed E-state index contributed by atoms with van der Waals surface area (Å²) in [5.74, 6) is 1.38. The van der Waals surface area contributed by atoms with Crippen LogP contribution in [0.5, 0.6) is 0 Å². The summed E-state index contributed by atoms with van der Waals surface area (Å²) in [6, 6.07) is 2.05. The second-order valence-corrected chi connectivity index (χ2v) is 4.88. The third-order valence-electron chi connectivity index (χ3n) is 3.27. The number of nitrogens with one attached hydrogen (secondary N) is 1. The van der Waals surface area contributed by atoms with Crippen LogP contribution in [0.25, 0.3) is 0 Å². The molecule has 0 aliphatic carbocycles. The summed E-state index contributed by atoms with van der Waals surface area (Å²) in [5.41, 5.74) is 1.22.